The number of oxazole rings is 1. The van der Waals surface area contributed by atoms with Crippen LogP contribution in [0, 0.1) is 0 Å². The highest BCUT2D eigenvalue weighted by molar-refractivity contribution is 5.85. The molecule has 0 amide bonds. The van der Waals surface area contributed by atoms with Crippen molar-refractivity contribution in [1.29, 1.82) is 0 Å². The Balaban J connectivity index is 0.00000116. The molecule has 0 aliphatic carbocycles. The lowest BCUT2D eigenvalue weighted by molar-refractivity contribution is 0.390. The van der Waals surface area contributed by atoms with Gasteiger partial charge in [0.1, 0.15) is 11.3 Å². The van der Waals surface area contributed by atoms with Gasteiger partial charge in [0.25, 0.3) is 0 Å². The number of hydrogen-bond acceptors (Lipinski definition) is 4. The number of rotatable bonds is 4. The summed E-state index contributed by atoms with van der Waals surface area (Å²) in [5.74, 6) is -1.18. The molecule has 0 aliphatic heterocycles. The number of benzene rings is 1. The lowest BCUT2D eigenvalue weighted by atomic mass is 10.2. The van der Waals surface area contributed by atoms with Crippen molar-refractivity contribution in [2.75, 3.05) is 0 Å². The zero-order valence-electron chi connectivity index (χ0n) is 12.5. The van der Waals surface area contributed by atoms with Gasteiger partial charge in [0.05, 0.1) is 0 Å². The minimum atomic E-state index is -0.925. The number of fused-ring (bicyclic) bond motifs is 1. The number of phenols is 1. The molecule has 1 heterocycles. The Hall–Kier alpha value is -2.82. The maximum Gasteiger partial charge on any atom is 0.220 e. The highest BCUT2D eigenvalue weighted by atomic mass is 19.1. The predicted octanol–water partition coefficient (Wildman–Crippen LogP) is 5.14. The van der Waals surface area contributed by atoms with E-state index in [1.54, 1.807) is 6.08 Å². The molecular weight excluding hydrogens is 285 g/mol. The fraction of sp³-hybridized carbons (Fsp3) is 0.118. The number of halogens is 1. The van der Waals surface area contributed by atoms with Crippen molar-refractivity contribution in [3.8, 4) is 5.75 Å². The number of aliphatic hydroxyl groups excluding tert-OH is 1. The Morgan fingerprint density at radius 2 is 2.05 bits per heavy atom. The van der Waals surface area contributed by atoms with Crippen LogP contribution in [-0.4, -0.2) is 15.2 Å². The van der Waals surface area contributed by atoms with Crippen molar-refractivity contribution in [2.24, 2.45) is 0 Å². The molecule has 5 heteroatoms. The molecule has 0 atom stereocenters. The third-order valence-electron chi connectivity index (χ3n) is 2.51. The van der Waals surface area contributed by atoms with Gasteiger partial charge in [-0.25, -0.2) is 9.37 Å². The van der Waals surface area contributed by atoms with E-state index in [-0.39, 0.29) is 11.6 Å². The molecule has 2 rings (SSSR count). The molecule has 1 aromatic heterocycles. The minimum Gasteiger partial charge on any atom is -0.508 e. The Kier molecular flexibility index (Phi) is 6.13. The Bertz CT molecular complexity index is 742. The molecule has 0 saturated carbocycles. The highest BCUT2D eigenvalue weighted by Gasteiger charge is 2.08. The second kappa shape index (κ2) is 7.83. The molecule has 2 N–H and O–H groups in total. The van der Waals surface area contributed by atoms with E-state index >= 15 is 0 Å². The van der Waals surface area contributed by atoms with Crippen molar-refractivity contribution in [3.63, 3.8) is 0 Å². The van der Waals surface area contributed by atoms with Gasteiger partial charge in [-0.1, -0.05) is 39.2 Å². The average Bonchev–Trinajstić information content (AvgIpc) is 2.90. The van der Waals surface area contributed by atoms with E-state index in [2.05, 4.69) is 18.1 Å². The summed E-state index contributed by atoms with van der Waals surface area (Å²) in [6, 6.07) is 2.97. The van der Waals surface area contributed by atoms with Crippen molar-refractivity contribution in [3.05, 3.63) is 60.5 Å². The Morgan fingerprint density at radius 3 is 2.64 bits per heavy atom. The Morgan fingerprint density at radius 1 is 1.36 bits per heavy atom. The normalized spacial score (nSPS) is 11.3. The largest absolute Gasteiger partial charge is 0.508 e. The van der Waals surface area contributed by atoms with Gasteiger partial charge in [-0.15, -0.1) is 0 Å². The first kappa shape index (κ1) is 17.2. The minimum absolute atomic E-state index is 0.0579. The molecule has 0 spiro atoms. The molecule has 22 heavy (non-hydrogen) atoms. The van der Waals surface area contributed by atoms with Gasteiger partial charge >= 0.3 is 0 Å². The van der Waals surface area contributed by atoms with E-state index in [4.69, 9.17) is 9.52 Å². The van der Waals surface area contributed by atoms with Gasteiger partial charge in [0, 0.05) is 17.7 Å². The topological polar surface area (TPSA) is 66.5 Å². The molecule has 0 unspecified atom stereocenters. The number of nitrogens with zero attached hydrogens (tertiary/aromatic N) is 1. The molecule has 0 aliphatic rings. The summed E-state index contributed by atoms with van der Waals surface area (Å²) in [6.07, 6.45) is 5.49. The number of aliphatic hydroxyl groups is 1. The van der Waals surface area contributed by atoms with Crippen molar-refractivity contribution >= 4 is 23.3 Å². The predicted molar refractivity (Wildman–Crippen MR) is 87.1 cm³/mol. The summed E-state index contributed by atoms with van der Waals surface area (Å²) in [7, 11) is 0. The third-order valence-corrected chi connectivity index (χ3v) is 2.51. The average molecular weight is 303 g/mol. The van der Waals surface area contributed by atoms with Crippen LogP contribution in [0.25, 0.3) is 23.3 Å². The standard InChI is InChI=1S/C15H12FNO3.C2H6/c1-3-10-7-11(18)8-12-15(10)20-14(17-12)6-4-5-13(19)9(2)16;1-2/h3-8,18-19H,1-2H2;1-2H3/b6-4+,13-5+;. The molecule has 0 fully saturated rings. The SMILES string of the molecule is C=Cc1cc(O)cc2nc(/C=C/C=C(/O)C(=C)F)oc12.CC. The van der Waals surface area contributed by atoms with Gasteiger partial charge in [-0.2, -0.15) is 0 Å². The quantitative estimate of drug-likeness (QED) is 0.606. The first-order valence-electron chi connectivity index (χ1n) is 6.69. The van der Waals surface area contributed by atoms with E-state index in [1.807, 2.05) is 13.8 Å². The van der Waals surface area contributed by atoms with Crippen LogP contribution >= 0.6 is 0 Å². The highest BCUT2D eigenvalue weighted by Crippen LogP contribution is 2.26. The monoisotopic (exact) mass is 303 g/mol. The van der Waals surface area contributed by atoms with Crippen molar-refractivity contribution < 1.29 is 19.0 Å². The fourth-order valence-corrected chi connectivity index (χ4v) is 1.60. The van der Waals surface area contributed by atoms with Crippen LogP contribution in [0.5, 0.6) is 5.75 Å². The summed E-state index contributed by atoms with van der Waals surface area (Å²) in [5.41, 5.74) is 1.57. The fourth-order valence-electron chi connectivity index (χ4n) is 1.60. The van der Waals surface area contributed by atoms with Crippen LogP contribution < -0.4 is 0 Å². The second-order valence-electron chi connectivity index (χ2n) is 3.96. The molecule has 0 bridgehead atoms. The molecule has 0 saturated heterocycles. The van der Waals surface area contributed by atoms with Gasteiger partial charge in [0.15, 0.2) is 17.2 Å². The van der Waals surface area contributed by atoms with Crippen LogP contribution in [0.15, 0.2) is 53.4 Å². The number of aromatic nitrogens is 1. The van der Waals surface area contributed by atoms with Crippen LogP contribution in [0.2, 0.25) is 0 Å². The summed E-state index contributed by atoms with van der Waals surface area (Å²) < 4.78 is 18.0. The lowest BCUT2D eigenvalue weighted by Gasteiger charge is -1.95. The zero-order valence-corrected chi connectivity index (χ0v) is 12.5. The maximum atomic E-state index is 12.5. The van der Waals surface area contributed by atoms with E-state index < -0.39 is 11.6 Å². The summed E-state index contributed by atoms with van der Waals surface area (Å²) in [5, 5.41) is 18.6. The van der Waals surface area contributed by atoms with Crippen molar-refractivity contribution in [2.45, 2.75) is 13.8 Å². The zero-order chi connectivity index (χ0) is 16.7. The molecule has 1 aromatic carbocycles. The van der Waals surface area contributed by atoms with Gasteiger partial charge in [-0.3, -0.25) is 0 Å². The van der Waals surface area contributed by atoms with Crippen LogP contribution in [-0.2, 0) is 0 Å². The summed E-state index contributed by atoms with van der Waals surface area (Å²) in [6.45, 7) is 10.6. The second-order valence-corrected chi connectivity index (χ2v) is 3.96. The first-order chi connectivity index (χ1) is 10.5. The molecular formula is C17H18FNO3. The summed E-state index contributed by atoms with van der Waals surface area (Å²) in [4.78, 5) is 4.14. The molecule has 4 nitrogen and oxygen atoms in total. The Labute approximate surface area is 128 Å². The van der Waals surface area contributed by atoms with Crippen LogP contribution in [0.1, 0.15) is 25.3 Å². The van der Waals surface area contributed by atoms with Crippen molar-refractivity contribution in [1.82, 2.24) is 4.98 Å². The van der Waals surface area contributed by atoms with Crippen LogP contribution in [0.4, 0.5) is 4.39 Å². The van der Waals surface area contributed by atoms with Gasteiger partial charge < -0.3 is 14.6 Å². The molecule has 116 valence electrons. The lowest BCUT2D eigenvalue weighted by Crippen LogP contribution is -1.77. The number of allylic oxidation sites excluding steroid dienone is 3. The van der Waals surface area contributed by atoms with E-state index in [0.717, 1.165) is 6.08 Å². The van der Waals surface area contributed by atoms with E-state index in [9.17, 15) is 9.50 Å². The van der Waals surface area contributed by atoms with Crippen LogP contribution in [0.3, 0.4) is 0 Å². The van der Waals surface area contributed by atoms with Gasteiger partial charge in [0.2, 0.25) is 5.89 Å². The number of aromatic hydroxyl groups is 1. The van der Waals surface area contributed by atoms with Gasteiger partial charge in [-0.05, 0) is 12.1 Å². The third kappa shape index (κ3) is 4.09. The molecule has 0 radical (unpaired) electrons. The summed E-state index contributed by atoms with van der Waals surface area (Å²) >= 11 is 0. The first-order valence-corrected chi connectivity index (χ1v) is 6.69. The number of phenolic OH excluding ortho intramolecular Hbond substituents is 1. The smallest absolute Gasteiger partial charge is 0.220 e. The number of hydrogen-bond donors (Lipinski definition) is 2. The molecule has 2 aromatic rings. The van der Waals surface area contributed by atoms with E-state index in [0.29, 0.717) is 16.7 Å². The maximum absolute atomic E-state index is 12.5. The van der Waals surface area contributed by atoms with E-state index in [1.165, 1.54) is 24.3 Å².